The number of nitrogen functional groups attached to an aromatic ring is 1. The molecule has 7 heteroatoms. The molecule has 1 amide bonds. The van der Waals surface area contributed by atoms with E-state index in [9.17, 15) is 9.18 Å². The van der Waals surface area contributed by atoms with Crippen molar-refractivity contribution in [3.63, 3.8) is 0 Å². The Morgan fingerprint density at radius 3 is 2.74 bits per heavy atom. The number of hydrogen-bond acceptors (Lipinski definition) is 5. The normalized spacial score (nSPS) is 10.8. The minimum absolute atomic E-state index is 0.322. The number of hydrogen-bond donors (Lipinski definition) is 2. The van der Waals surface area contributed by atoms with E-state index in [-0.39, 0.29) is 11.7 Å². The molecule has 0 radical (unpaired) electrons. The Bertz CT molecular complexity index is 621. The number of thiazole rings is 1. The molecule has 0 fully saturated rings. The van der Waals surface area contributed by atoms with Gasteiger partial charge >= 0.3 is 0 Å². The number of benzene rings is 1. The molecule has 0 atom stereocenters. The quantitative estimate of drug-likeness (QED) is 0.665. The number of hydrazone groups is 1. The summed E-state index contributed by atoms with van der Waals surface area (Å²) in [7, 11) is 0. The monoisotopic (exact) mass is 278 g/mol. The molecular weight excluding hydrogens is 267 g/mol. The predicted molar refractivity (Wildman–Crippen MR) is 72.7 cm³/mol. The van der Waals surface area contributed by atoms with Crippen LogP contribution in [0, 0.1) is 12.7 Å². The van der Waals surface area contributed by atoms with E-state index in [1.54, 1.807) is 19.1 Å². The van der Waals surface area contributed by atoms with Crippen LogP contribution in [0.5, 0.6) is 0 Å². The van der Waals surface area contributed by atoms with Crippen LogP contribution in [0.3, 0.4) is 0 Å². The number of aromatic nitrogens is 1. The van der Waals surface area contributed by atoms with Gasteiger partial charge in [0.25, 0.3) is 5.91 Å². The van der Waals surface area contributed by atoms with E-state index < -0.39 is 0 Å². The largest absolute Gasteiger partial charge is 0.375 e. The molecule has 5 nitrogen and oxygen atoms in total. The summed E-state index contributed by atoms with van der Waals surface area (Å²) in [5.74, 6) is -0.693. The van der Waals surface area contributed by atoms with Crippen molar-refractivity contribution >= 4 is 28.6 Å². The lowest BCUT2D eigenvalue weighted by Gasteiger charge is -1.97. The van der Waals surface area contributed by atoms with Gasteiger partial charge in [0.15, 0.2) is 5.13 Å². The second kappa shape index (κ2) is 5.57. The molecule has 0 bridgehead atoms. The molecule has 2 rings (SSSR count). The SMILES string of the molecule is Cc1nc(N)sc1C(=O)N/N=C\c1ccc(F)cc1. The molecule has 19 heavy (non-hydrogen) atoms. The van der Waals surface area contributed by atoms with Crippen molar-refractivity contribution in [2.24, 2.45) is 5.10 Å². The third-order valence-electron chi connectivity index (χ3n) is 2.27. The second-order valence-electron chi connectivity index (χ2n) is 3.72. The van der Waals surface area contributed by atoms with Crippen LogP contribution in [0.1, 0.15) is 20.9 Å². The number of halogens is 1. The molecule has 0 aliphatic carbocycles. The first-order chi connectivity index (χ1) is 9.06. The van der Waals surface area contributed by atoms with Crippen LogP contribution < -0.4 is 11.2 Å². The number of carbonyl (C=O) groups excluding carboxylic acids is 1. The Kier molecular flexibility index (Phi) is 3.86. The molecule has 0 spiro atoms. The van der Waals surface area contributed by atoms with Gasteiger partial charge < -0.3 is 5.73 Å². The number of nitrogens with two attached hydrogens (primary N) is 1. The Labute approximate surface area is 113 Å². The molecule has 1 aromatic carbocycles. The minimum Gasteiger partial charge on any atom is -0.375 e. The summed E-state index contributed by atoms with van der Waals surface area (Å²) in [5, 5.41) is 4.13. The molecule has 0 saturated carbocycles. The van der Waals surface area contributed by atoms with Crippen molar-refractivity contribution in [2.75, 3.05) is 5.73 Å². The van der Waals surface area contributed by atoms with Crippen molar-refractivity contribution < 1.29 is 9.18 Å². The van der Waals surface area contributed by atoms with Crippen LogP contribution in [0.4, 0.5) is 9.52 Å². The zero-order chi connectivity index (χ0) is 13.8. The number of aryl methyl sites for hydroxylation is 1. The van der Waals surface area contributed by atoms with E-state index in [1.165, 1.54) is 18.3 Å². The molecule has 3 N–H and O–H groups in total. The van der Waals surface area contributed by atoms with Gasteiger partial charge in [-0.15, -0.1) is 0 Å². The molecular formula is C12H11FN4OS. The van der Waals surface area contributed by atoms with Crippen LogP contribution in [0.15, 0.2) is 29.4 Å². The highest BCUT2D eigenvalue weighted by atomic mass is 32.1. The Morgan fingerprint density at radius 1 is 1.47 bits per heavy atom. The van der Waals surface area contributed by atoms with Crippen molar-refractivity contribution in [3.05, 3.63) is 46.2 Å². The van der Waals surface area contributed by atoms with Crippen LogP contribution in [-0.2, 0) is 0 Å². The van der Waals surface area contributed by atoms with Gasteiger partial charge in [-0.1, -0.05) is 23.5 Å². The Balaban J connectivity index is 2.00. The third-order valence-corrected chi connectivity index (χ3v) is 3.25. The summed E-state index contributed by atoms with van der Waals surface area (Å²) in [5.41, 5.74) is 9.12. The fourth-order valence-electron chi connectivity index (χ4n) is 1.39. The number of nitrogens with zero attached hydrogens (tertiary/aromatic N) is 2. The average molecular weight is 278 g/mol. The number of carbonyl (C=O) groups is 1. The zero-order valence-corrected chi connectivity index (χ0v) is 10.9. The summed E-state index contributed by atoms with van der Waals surface area (Å²) in [4.78, 5) is 16.1. The first-order valence-corrected chi connectivity index (χ1v) is 6.20. The highest BCUT2D eigenvalue weighted by molar-refractivity contribution is 7.17. The fraction of sp³-hybridized carbons (Fsp3) is 0.0833. The standard InChI is InChI=1S/C12H11FN4OS/c1-7-10(19-12(14)16-7)11(18)17-15-6-8-2-4-9(13)5-3-8/h2-6H,1H3,(H2,14,16)(H,17,18)/b15-6-. The Hall–Kier alpha value is -2.28. The zero-order valence-electron chi connectivity index (χ0n) is 10.1. The minimum atomic E-state index is -0.370. The molecule has 0 aliphatic heterocycles. The van der Waals surface area contributed by atoms with Crippen molar-refractivity contribution in [1.29, 1.82) is 0 Å². The summed E-state index contributed by atoms with van der Waals surface area (Å²) in [6.07, 6.45) is 1.43. The van der Waals surface area contributed by atoms with Gasteiger partial charge in [0.05, 0.1) is 11.9 Å². The van der Waals surface area contributed by atoms with Gasteiger partial charge in [-0.3, -0.25) is 4.79 Å². The van der Waals surface area contributed by atoms with E-state index in [4.69, 9.17) is 5.73 Å². The van der Waals surface area contributed by atoms with E-state index in [0.29, 0.717) is 21.3 Å². The van der Waals surface area contributed by atoms with Gasteiger partial charge in [0, 0.05) is 0 Å². The summed E-state index contributed by atoms with van der Waals surface area (Å²) in [6.45, 7) is 1.70. The number of amides is 1. The lowest BCUT2D eigenvalue weighted by Crippen LogP contribution is -2.17. The van der Waals surface area contributed by atoms with Gasteiger partial charge in [0.2, 0.25) is 0 Å². The van der Waals surface area contributed by atoms with Crippen LogP contribution in [0.2, 0.25) is 0 Å². The van der Waals surface area contributed by atoms with Gasteiger partial charge in [-0.25, -0.2) is 14.8 Å². The Morgan fingerprint density at radius 2 is 2.16 bits per heavy atom. The maximum absolute atomic E-state index is 12.7. The van der Waals surface area contributed by atoms with Crippen molar-refractivity contribution in [3.8, 4) is 0 Å². The highest BCUT2D eigenvalue weighted by Crippen LogP contribution is 2.19. The third kappa shape index (κ3) is 3.35. The average Bonchev–Trinajstić information content (AvgIpc) is 2.71. The smallest absolute Gasteiger partial charge is 0.283 e. The first-order valence-electron chi connectivity index (χ1n) is 5.38. The predicted octanol–water partition coefficient (Wildman–Crippen LogP) is 1.94. The van der Waals surface area contributed by atoms with Crippen LogP contribution in [-0.4, -0.2) is 17.1 Å². The van der Waals surface area contributed by atoms with Crippen molar-refractivity contribution in [1.82, 2.24) is 10.4 Å². The molecule has 0 saturated heterocycles. The topological polar surface area (TPSA) is 80.4 Å². The molecule has 1 aromatic heterocycles. The van der Waals surface area contributed by atoms with Gasteiger partial charge in [-0.2, -0.15) is 5.10 Å². The van der Waals surface area contributed by atoms with Gasteiger partial charge in [0.1, 0.15) is 10.7 Å². The summed E-state index contributed by atoms with van der Waals surface area (Å²) in [6, 6.07) is 5.75. The maximum atomic E-state index is 12.7. The fourth-order valence-corrected chi connectivity index (χ4v) is 2.12. The van der Waals surface area contributed by atoms with E-state index in [1.807, 2.05) is 0 Å². The molecule has 2 aromatic rings. The number of anilines is 1. The maximum Gasteiger partial charge on any atom is 0.283 e. The van der Waals surface area contributed by atoms with E-state index in [2.05, 4.69) is 15.5 Å². The molecule has 1 heterocycles. The lowest BCUT2D eigenvalue weighted by atomic mass is 10.2. The molecule has 0 unspecified atom stereocenters. The van der Waals surface area contributed by atoms with Crippen LogP contribution in [0.25, 0.3) is 0 Å². The molecule has 0 aliphatic rings. The highest BCUT2D eigenvalue weighted by Gasteiger charge is 2.12. The van der Waals surface area contributed by atoms with Gasteiger partial charge in [-0.05, 0) is 24.6 Å². The number of nitrogens with one attached hydrogen (secondary N) is 1. The summed E-state index contributed by atoms with van der Waals surface area (Å²) >= 11 is 1.10. The number of rotatable bonds is 3. The molecule has 98 valence electrons. The summed E-state index contributed by atoms with van der Waals surface area (Å²) < 4.78 is 12.7. The van der Waals surface area contributed by atoms with Crippen LogP contribution >= 0.6 is 11.3 Å². The van der Waals surface area contributed by atoms with E-state index in [0.717, 1.165) is 11.3 Å². The lowest BCUT2D eigenvalue weighted by molar-refractivity contribution is 0.0958. The van der Waals surface area contributed by atoms with E-state index >= 15 is 0 Å². The first kappa shape index (κ1) is 13.2. The second-order valence-corrected chi connectivity index (χ2v) is 4.75. The van der Waals surface area contributed by atoms with Crippen molar-refractivity contribution in [2.45, 2.75) is 6.92 Å².